The van der Waals surface area contributed by atoms with Gasteiger partial charge in [0, 0.05) is 6.54 Å². The normalized spacial score (nSPS) is 19.8. The lowest BCUT2D eigenvalue weighted by atomic mass is 10.0. The van der Waals surface area contributed by atoms with Crippen molar-refractivity contribution in [2.45, 2.75) is 31.8 Å². The van der Waals surface area contributed by atoms with Crippen molar-refractivity contribution in [1.82, 2.24) is 4.90 Å². The van der Waals surface area contributed by atoms with Crippen LogP contribution < -0.4 is 5.73 Å². The second-order valence-electron chi connectivity index (χ2n) is 5.10. The molecule has 20 heavy (non-hydrogen) atoms. The maximum absolute atomic E-state index is 12.5. The lowest BCUT2D eigenvalue weighted by Gasteiger charge is -2.25. The van der Waals surface area contributed by atoms with E-state index in [0.29, 0.717) is 13.0 Å². The average Bonchev–Trinajstić information content (AvgIpc) is 2.95. The molecule has 108 valence electrons. The van der Waals surface area contributed by atoms with Gasteiger partial charge in [0.2, 0.25) is 5.91 Å². The molecule has 1 aliphatic heterocycles. The van der Waals surface area contributed by atoms with Gasteiger partial charge in [0.25, 0.3) is 0 Å². The number of nitrogens with zero attached hydrogens (tertiary/aromatic N) is 1. The first-order chi connectivity index (χ1) is 9.54. The number of carbonyl (C=O) groups is 2. The maximum atomic E-state index is 12.5. The molecule has 1 aliphatic rings. The number of hydrogen-bond acceptors (Lipinski definition) is 4. The number of benzene rings is 1. The predicted molar refractivity (Wildman–Crippen MR) is 74.9 cm³/mol. The molecule has 0 aliphatic carbocycles. The predicted octanol–water partition coefficient (Wildman–Crippen LogP) is 1.16. The Morgan fingerprint density at radius 2 is 2.00 bits per heavy atom. The number of nitrogens with two attached hydrogens (primary N) is 1. The highest BCUT2D eigenvalue weighted by Crippen LogP contribution is 2.23. The average molecular weight is 276 g/mol. The molecule has 2 unspecified atom stereocenters. The van der Waals surface area contributed by atoms with Crippen LogP contribution in [0.3, 0.4) is 0 Å². The number of hydrogen-bond donors (Lipinski definition) is 1. The minimum atomic E-state index is -0.735. The maximum Gasteiger partial charge on any atom is 0.328 e. The fourth-order valence-electron chi connectivity index (χ4n) is 2.51. The SMILES string of the molecule is COC(=O)C1CCCN1C(=O)C(N)c1ccc(C)cc1. The van der Waals surface area contributed by atoms with Gasteiger partial charge in [0.1, 0.15) is 12.1 Å². The Morgan fingerprint density at radius 3 is 2.60 bits per heavy atom. The Kier molecular flexibility index (Phi) is 4.39. The molecule has 5 nitrogen and oxygen atoms in total. The van der Waals surface area contributed by atoms with Gasteiger partial charge in [-0.05, 0) is 25.3 Å². The number of amides is 1. The molecular formula is C15H20N2O3. The Labute approximate surface area is 118 Å². The molecule has 1 heterocycles. The molecule has 1 amide bonds. The second-order valence-corrected chi connectivity index (χ2v) is 5.10. The van der Waals surface area contributed by atoms with Gasteiger partial charge < -0.3 is 15.4 Å². The molecule has 0 radical (unpaired) electrons. The zero-order chi connectivity index (χ0) is 14.7. The second kappa shape index (κ2) is 6.05. The quantitative estimate of drug-likeness (QED) is 0.841. The first kappa shape index (κ1) is 14.5. The van der Waals surface area contributed by atoms with E-state index < -0.39 is 12.1 Å². The van der Waals surface area contributed by atoms with Gasteiger partial charge in [-0.15, -0.1) is 0 Å². The summed E-state index contributed by atoms with van der Waals surface area (Å²) in [7, 11) is 1.34. The Morgan fingerprint density at radius 1 is 1.35 bits per heavy atom. The van der Waals surface area contributed by atoms with Crippen LogP contribution in [-0.2, 0) is 14.3 Å². The number of esters is 1. The summed E-state index contributed by atoms with van der Waals surface area (Å²) in [5.41, 5.74) is 7.90. The third-order valence-electron chi connectivity index (χ3n) is 3.71. The zero-order valence-corrected chi connectivity index (χ0v) is 11.8. The van der Waals surface area contributed by atoms with Gasteiger partial charge in [-0.3, -0.25) is 4.79 Å². The minimum Gasteiger partial charge on any atom is -0.467 e. The number of aryl methyl sites for hydroxylation is 1. The van der Waals surface area contributed by atoms with E-state index >= 15 is 0 Å². The third kappa shape index (κ3) is 2.82. The molecule has 2 atom stereocenters. The monoisotopic (exact) mass is 276 g/mol. The van der Waals surface area contributed by atoms with Gasteiger partial charge in [-0.1, -0.05) is 29.8 Å². The van der Waals surface area contributed by atoms with Gasteiger partial charge in [-0.25, -0.2) is 4.79 Å². The van der Waals surface area contributed by atoms with E-state index in [2.05, 4.69) is 0 Å². The largest absolute Gasteiger partial charge is 0.467 e. The van der Waals surface area contributed by atoms with Crippen LogP contribution in [0.15, 0.2) is 24.3 Å². The standard InChI is InChI=1S/C15H20N2O3/c1-10-5-7-11(8-6-10)13(16)14(18)17-9-3-4-12(17)15(19)20-2/h5-8,12-13H,3-4,9,16H2,1-2H3. The minimum absolute atomic E-state index is 0.221. The van der Waals surface area contributed by atoms with Crippen molar-refractivity contribution in [2.75, 3.05) is 13.7 Å². The fourth-order valence-corrected chi connectivity index (χ4v) is 2.51. The van der Waals surface area contributed by atoms with Crippen LogP contribution in [0.5, 0.6) is 0 Å². The summed E-state index contributed by atoms with van der Waals surface area (Å²) >= 11 is 0. The van der Waals surface area contributed by atoms with Crippen LogP contribution in [0.1, 0.15) is 30.0 Å². The lowest BCUT2D eigenvalue weighted by molar-refractivity contribution is -0.151. The van der Waals surface area contributed by atoms with Crippen molar-refractivity contribution in [3.8, 4) is 0 Å². The molecule has 0 bridgehead atoms. The van der Waals surface area contributed by atoms with Crippen molar-refractivity contribution < 1.29 is 14.3 Å². The number of ether oxygens (including phenoxy) is 1. The highest BCUT2D eigenvalue weighted by atomic mass is 16.5. The lowest BCUT2D eigenvalue weighted by Crippen LogP contribution is -2.45. The molecule has 1 aromatic carbocycles. The molecule has 1 saturated heterocycles. The van der Waals surface area contributed by atoms with Crippen molar-refractivity contribution in [3.05, 3.63) is 35.4 Å². The van der Waals surface area contributed by atoms with Crippen molar-refractivity contribution in [2.24, 2.45) is 5.73 Å². The number of likely N-dealkylation sites (tertiary alicyclic amines) is 1. The summed E-state index contributed by atoms with van der Waals surface area (Å²) in [6, 6.07) is 6.31. The number of carbonyl (C=O) groups excluding carboxylic acids is 2. The van der Waals surface area contributed by atoms with Crippen LogP contribution in [0.25, 0.3) is 0 Å². The fraction of sp³-hybridized carbons (Fsp3) is 0.467. The molecule has 1 aromatic rings. The molecule has 2 rings (SSSR count). The van der Waals surface area contributed by atoms with Crippen molar-refractivity contribution >= 4 is 11.9 Å². The Balaban J connectivity index is 2.13. The van der Waals surface area contributed by atoms with Gasteiger partial charge in [0.15, 0.2) is 0 Å². The highest BCUT2D eigenvalue weighted by molar-refractivity contribution is 5.88. The van der Waals surface area contributed by atoms with Gasteiger partial charge in [0.05, 0.1) is 7.11 Å². The molecule has 5 heteroatoms. The van der Waals surface area contributed by atoms with Crippen molar-refractivity contribution in [1.29, 1.82) is 0 Å². The summed E-state index contributed by atoms with van der Waals surface area (Å²) < 4.78 is 4.74. The van der Waals surface area contributed by atoms with E-state index in [-0.39, 0.29) is 11.9 Å². The highest BCUT2D eigenvalue weighted by Gasteiger charge is 2.37. The molecule has 0 saturated carbocycles. The van der Waals surface area contributed by atoms with Crippen LogP contribution in [-0.4, -0.2) is 36.5 Å². The summed E-state index contributed by atoms with van der Waals surface area (Å²) in [6.07, 6.45) is 1.44. The molecule has 1 fully saturated rings. The van der Waals surface area contributed by atoms with E-state index in [9.17, 15) is 9.59 Å². The summed E-state index contributed by atoms with van der Waals surface area (Å²) in [5.74, 6) is -0.589. The van der Waals surface area contributed by atoms with E-state index in [1.54, 1.807) is 0 Å². The van der Waals surface area contributed by atoms with Crippen LogP contribution in [0.4, 0.5) is 0 Å². The third-order valence-corrected chi connectivity index (χ3v) is 3.71. The topological polar surface area (TPSA) is 72.6 Å². The van der Waals surface area contributed by atoms with Crippen molar-refractivity contribution in [3.63, 3.8) is 0 Å². The van der Waals surface area contributed by atoms with Crippen LogP contribution in [0.2, 0.25) is 0 Å². The number of rotatable bonds is 3. The van der Waals surface area contributed by atoms with Gasteiger partial charge in [-0.2, -0.15) is 0 Å². The van der Waals surface area contributed by atoms with Gasteiger partial charge >= 0.3 is 5.97 Å². The summed E-state index contributed by atoms with van der Waals surface area (Å²) in [6.45, 7) is 2.53. The van der Waals surface area contributed by atoms with E-state index in [1.807, 2.05) is 31.2 Å². The first-order valence-electron chi connectivity index (χ1n) is 6.75. The van der Waals surface area contributed by atoms with Crippen LogP contribution in [0, 0.1) is 6.92 Å². The Bertz CT molecular complexity index is 498. The molecule has 0 aromatic heterocycles. The summed E-state index contributed by atoms with van der Waals surface area (Å²) in [4.78, 5) is 25.7. The van der Waals surface area contributed by atoms with E-state index in [4.69, 9.17) is 10.5 Å². The first-order valence-corrected chi connectivity index (χ1v) is 6.75. The number of methoxy groups -OCH3 is 1. The smallest absolute Gasteiger partial charge is 0.328 e. The van der Waals surface area contributed by atoms with E-state index in [0.717, 1.165) is 17.5 Å². The molecule has 0 spiro atoms. The molecular weight excluding hydrogens is 256 g/mol. The van der Waals surface area contributed by atoms with E-state index in [1.165, 1.54) is 12.0 Å². The molecule has 2 N–H and O–H groups in total. The summed E-state index contributed by atoms with van der Waals surface area (Å²) in [5, 5.41) is 0. The van der Waals surface area contributed by atoms with Crippen LogP contribution >= 0.6 is 0 Å². The zero-order valence-electron chi connectivity index (χ0n) is 11.8. The Hall–Kier alpha value is -1.88.